The van der Waals surface area contributed by atoms with Gasteiger partial charge in [0, 0.05) is 17.1 Å². The summed E-state index contributed by atoms with van der Waals surface area (Å²) in [5, 5.41) is 23.1. The molecule has 0 saturated heterocycles. The van der Waals surface area contributed by atoms with Crippen LogP contribution in [0.5, 0.6) is 0 Å². The van der Waals surface area contributed by atoms with E-state index in [2.05, 4.69) is 36.1 Å². The van der Waals surface area contributed by atoms with E-state index < -0.39 is 0 Å². The van der Waals surface area contributed by atoms with Gasteiger partial charge in [0.1, 0.15) is 0 Å². The van der Waals surface area contributed by atoms with Crippen molar-refractivity contribution in [3.05, 3.63) is 0 Å². The third kappa shape index (κ3) is 1.24. The van der Waals surface area contributed by atoms with Gasteiger partial charge >= 0.3 is 0 Å². The van der Waals surface area contributed by atoms with E-state index in [9.17, 15) is 0 Å². The number of aromatic amines is 1. The molecule has 12 heavy (non-hydrogen) atoms. The Morgan fingerprint density at radius 1 is 1.33 bits per heavy atom. The van der Waals surface area contributed by atoms with Crippen LogP contribution in [0.25, 0.3) is 11.6 Å². The van der Waals surface area contributed by atoms with Crippen molar-refractivity contribution >= 4 is 0 Å². The standard InChI is InChI=1S/C2H3N9.Cu/c3-11-2(6-9-10-11)1-4-7-8-5-1;/h3H2,(H,4,5,7,8);. The molecule has 0 aliphatic rings. The second-order valence-electron chi connectivity index (χ2n) is 1.68. The molecule has 2 heterocycles. The van der Waals surface area contributed by atoms with Crippen LogP contribution in [0.3, 0.4) is 0 Å². The van der Waals surface area contributed by atoms with Gasteiger partial charge in [-0.15, -0.1) is 20.1 Å². The molecule has 0 atom stereocenters. The second-order valence-corrected chi connectivity index (χ2v) is 1.68. The minimum atomic E-state index is 0. The number of H-pyrrole nitrogens is 1. The summed E-state index contributed by atoms with van der Waals surface area (Å²) in [7, 11) is 0. The Hall–Kier alpha value is -1.54. The summed E-state index contributed by atoms with van der Waals surface area (Å²) in [5.74, 6) is 5.81. The number of nitrogens with zero attached hydrogens (tertiary/aromatic N) is 7. The van der Waals surface area contributed by atoms with E-state index in [1.807, 2.05) is 0 Å². The van der Waals surface area contributed by atoms with Crippen LogP contribution in [0, 0.1) is 0 Å². The molecule has 0 unspecified atom stereocenters. The van der Waals surface area contributed by atoms with E-state index in [0.29, 0.717) is 0 Å². The van der Waals surface area contributed by atoms with Crippen LogP contribution in [0.2, 0.25) is 0 Å². The third-order valence-electron chi connectivity index (χ3n) is 1.04. The summed E-state index contributed by atoms with van der Waals surface area (Å²) >= 11 is 0. The molecular weight excluding hydrogens is 214 g/mol. The van der Waals surface area contributed by atoms with Crippen LogP contribution in [-0.2, 0) is 17.1 Å². The van der Waals surface area contributed by atoms with Crippen LogP contribution < -0.4 is 5.84 Å². The van der Waals surface area contributed by atoms with Gasteiger partial charge in [0.15, 0.2) is 0 Å². The van der Waals surface area contributed by atoms with Crippen molar-refractivity contribution in [3.8, 4) is 11.6 Å². The third-order valence-corrected chi connectivity index (χ3v) is 1.04. The molecule has 10 heteroatoms. The first-order valence-electron chi connectivity index (χ1n) is 2.65. The van der Waals surface area contributed by atoms with Crippen molar-refractivity contribution in [1.29, 1.82) is 0 Å². The molecule has 1 radical (unpaired) electrons. The van der Waals surface area contributed by atoms with Gasteiger partial charge in [0.05, 0.1) is 0 Å². The summed E-state index contributed by atoms with van der Waals surface area (Å²) in [4.78, 5) is 0.963. The number of nitrogens with two attached hydrogens (primary N) is 1. The molecule has 0 amide bonds. The van der Waals surface area contributed by atoms with Crippen molar-refractivity contribution in [2.75, 3.05) is 5.84 Å². The molecular formula is C2H3CuN9. The molecule has 2 aromatic heterocycles. The zero-order valence-electron chi connectivity index (χ0n) is 5.51. The number of aromatic nitrogens is 8. The number of nitrogen functional groups attached to an aromatic ring is 1. The molecule has 2 rings (SSSR count). The maximum absolute atomic E-state index is 5.29. The summed E-state index contributed by atoms with van der Waals surface area (Å²) in [6.45, 7) is 0. The van der Waals surface area contributed by atoms with Gasteiger partial charge < -0.3 is 5.84 Å². The van der Waals surface area contributed by atoms with Crippen LogP contribution in [0.15, 0.2) is 0 Å². The number of rotatable bonds is 1. The largest absolute Gasteiger partial charge is 0.320 e. The van der Waals surface area contributed by atoms with E-state index in [0.717, 1.165) is 4.79 Å². The number of tetrazole rings is 2. The first-order chi connectivity index (χ1) is 5.38. The Kier molecular flexibility index (Phi) is 2.31. The molecule has 3 N–H and O–H groups in total. The van der Waals surface area contributed by atoms with Crippen LogP contribution >= 0.6 is 0 Å². The van der Waals surface area contributed by atoms with Gasteiger partial charge in [0.25, 0.3) is 0 Å². The smallest absolute Gasteiger partial charge is 0.245 e. The van der Waals surface area contributed by atoms with E-state index >= 15 is 0 Å². The Morgan fingerprint density at radius 3 is 2.67 bits per heavy atom. The molecule has 0 bridgehead atoms. The van der Waals surface area contributed by atoms with Crippen molar-refractivity contribution in [1.82, 2.24) is 40.9 Å². The normalized spacial score (nSPS) is 9.33. The molecule has 0 aliphatic carbocycles. The maximum Gasteiger partial charge on any atom is 0.245 e. The molecule has 9 nitrogen and oxygen atoms in total. The summed E-state index contributed by atoms with van der Waals surface area (Å²) in [6.07, 6.45) is 0. The monoisotopic (exact) mass is 216 g/mol. The number of hydrogen-bond acceptors (Lipinski definition) is 7. The van der Waals surface area contributed by atoms with Crippen molar-refractivity contribution in [2.24, 2.45) is 0 Å². The fourth-order valence-corrected chi connectivity index (χ4v) is 0.597. The zero-order valence-corrected chi connectivity index (χ0v) is 6.45. The maximum atomic E-state index is 5.29. The van der Waals surface area contributed by atoms with E-state index in [-0.39, 0.29) is 28.7 Å². The quantitative estimate of drug-likeness (QED) is 0.401. The summed E-state index contributed by atoms with van der Waals surface area (Å²) < 4.78 is 0. The molecule has 0 aromatic carbocycles. The van der Waals surface area contributed by atoms with Crippen LogP contribution in [0.1, 0.15) is 0 Å². The van der Waals surface area contributed by atoms with Gasteiger partial charge in [0.2, 0.25) is 11.6 Å². The molecule has 0 saturated carbocycles. The van der Waals surface area contributed by atoms with Crippen molar-refractivity contribution in [2.45, 2.75) is 0 Å². The van der Waals surface area contributed by atoms with E-state index in [4.69, 9.17) is 5.84 Å². The fraction of sp³-hybridized carbons (Fsp3) is 0. The summed E-state index contributed by atoms with van der Waals surface area (Å²) in [5.41, 5.74) is 0. The van der Waals surface area contributed by atoms with E-state index in [1.165, 1.54) is 0 Å². The Balaban J connectivity index is 0.000000720. The Morgan fingerprint density at radius 2 is 2.17 bits per heavy atom. The van der Waals surface area contributed by atoms with Gasteiger partial charge in [-0.1, -0.05) is 0 Å². The van der Waals surface area contributed by atoms with Gasteiger partial charge in [-0.2, -0.15) is 5.21 Å². The predicted octanol–water partition coefficient (Wildman–Crippen LogP) is -2.44. The van der Waals surface area contributed by atoms with Gasteiger partial charge in [-0.25, -0.2) is 0 Å². The second kappa shape index (κ2) is 3.24. The van der Waals surface area contributed by atoms with Gasteiger partial charge in [-0.3, -0.25) is 0 Å². The Labute approximate surface area is 76.2 Å². The minimum Gasteiger partial charge on any atom is -0.320 e. The van der Waals surface area contributed by atoms with Crippen molar-refractivity contribution < 1.29 is 17.1 Å². The average Bonchev–Trinajstić information content (AvgIpc) is 2.55. The molecule has 2 aromatic rings. The van der Waals surface area contributed by atoms with Gasteiger partial charge in [-0.05, 0) is 15.6 Å². The first kappa shape index (κ1) is 8.56. The fourth-order valence-electron chi connectivity index (χ4n) is 0.597. The molecule has 67 valence electrons. The Bertz CT molecular complexity index is 335. The first-order valence-corrected chi connectivity index (χ1v) is 2.65. The zero-order chi connectivity index (χ0) is 7.68. The molecule has 0 fully saturated rings. The van der Waals surface area contributed by atoms with E-state index in [1.54, 1.807) is 0 Å². The average molecular weight is 217 g/mol. The van der Waals surface area contributed by atoms with Crippen LogP contribution in [0.4, 0.5) is 0 Å². The number of nitrogens with one attached hydrogen (secondary N) is 1. The summed E-state index contributed by atoms with van der Waals surface area (Å²) in [6, 6.07) is 0. The topological polar surface area (TPSA) is 124 Å². The molecule has 0 spiro atoms. The molecule has 0 aliphatic heterocycles. The predicted molar refractivity (Wildman–Crippen MR) is 31.1 cm³/mol. The SMILES string of the molecule is Nn1nnnc1-c1nn[nH]n1.[Cu]. The van der Waals surface area contributed by atoms with Crippen molar-refractivity contribution in [3.63, 3.8) is 0 Å². The minimum absolute atomic E-state index is 0. The van der Waals surface area contributed by atoms with Crippen LogP contribution in [-0.4, -0.2) is 40.9 Å². The number of hydrogen-bond donors (Lipinski definition) is 2.